The van der Waals surface area contributed by atoms with E-state index in [1.54, 1.807) is 6.07 Å². The Morgan fingerprint density at radius 1 is 1.50 bits per heavy atom. The van der Waals surface area contributed by atoms with Gasteiger partial charge < -0.3 is 14.7 Å². The molecule has 1 saturated carbocycles. The molecule has 1 aliphatic rings. The summed E-state index contributed by atoms with van der Waals surface area (Å²) in [4.78, 5) is 17.7. The van der Waals surface area contributed by atoms with Crippen molar-refractivity contribution in [1.82, 2.24) is 9.88 Å². The standard InChI is InChI=1S/C15H22N2O3/c1-3-4-12-9-11(15(18)19)10-14(16-12)20-8-7-17(2)13-5-6-13/h9-10,13H,3-8H2,1-2H3,(H,18,19). The molecule has 1 heterocycles. The Labute approximate surface area is 119 Å². The van der Waals surface area contributed by atoms with Crippen LogP contribution >= 0.6 is 0 Å². The minimum absolute atomic E-state index is 0.244. The van der Waals surface area contributed by atoms with E-state index < -0.39 is 5.97 Å². The molecule has 1 aromatic heterocycles. The third kappa shape index (κ3) is 4.20. The molecule has 0 atom stereocenters. The zero-order valence-electron chi connectivity index (χ0n) is 12.1. The monoisotopic (exact) mass is 278 g/mol. The average Bonchev–Trinajstić information content (AvgIpc) is 3.23. The summed E-state index contributed by atoms with van der Waals surface area (Å²) in [6.07, 6.45) is 4.23. The number of aromatic carboxylic acids is 1. The third-order valence-corrected chi connectivity index (χ3v) is 3.47. The molecule has 110 valence electrons. The number of carbonyl (C=O) groups is 1. The number of carboxylic acids is 1. The largest absolute Gasteiger partial charge is 0.478 e. The molecule has 1 fully saturated rings. The van der Waals surface area contributed by atoms with E-state index in [4.69, 9.17) is 9.84 Å². The van der Waals surface area contributed by atoms with Crippen molar-refractivity contribution in [3.8, 4) is 5.88 Å². The molecule has 20 heavy (non-hydrogen) atoms. The molecule has 2 rings (SSSR count). The van der Waals surface area contributed by atoms with Gasteiger partial charge in [-0.15, -0.1) is 0 Å². The lowest BCUT2D eigenvalue weighted by atomic mass is 10.1. The summed E-state index contributed by atoms with van der Waals surface area (Å²) >= 11 is 0. The number of hydrogen-bond acceptors (Lipinski definition) is 4. The molecule has 0 aliphatic heterocycles. The second-order valence-electron chi connectivity index (χ2n) is 5.30. The van der Waals surface area contributed by atoms with Crippen LogP contribution in [0.25, 0.3) is 0 Å². The Kier molecular flexibility index (Phi) is 4.95. The van der Waals surface area contributed by atoms with Gasteiger partial charge in [0.25, 0.3) is 0 Å². The SMILES string of the molecule is CCCc1cc(C(=O)O)cc(OCCN(C)C2CC2)n1. The fourth-order valence-corrected chi connectivity index (χ4v) is 2.13. The molecule has 1 N–H and O–H groups in total. The summed E-state index contributed by atoms with van der Waals surface area (Å²) in [5.41, 5.74) is 1.02. The molecule has 0 radical (unpaired) electrons. The molecule has 0 amide bonds. The van der Waals surface area contributed by atoms with Gasteiger partial charge in [-0.2, -0.15) is 0 Å². The summed E-state index contributed by atoms with van der Waals surface area (Å²) in [7, 11) is 2.09. The number of ether oxygens (including phenoxy) is 1. The number of likely N-dealkylation sites (N-methyl/N-ethyl adjacent to an activating group) is 1. The van der Waals surface area contributed by atoms with Gasteiger partial charge in [0.2, 0.25) is 5.88 Å². The molecule has 5 nitrogen and oxygen atoms in total. The number of hydrogen-bond donors (Lipinski definition) is 1. The Morgan fingerprint density at radius 3 is 2.85 bits per heavy atom. The fraction of sp³-hybridized carbons (Fsp3) is 0.600. The van der Waals surface area contributed by atoms with Gasteiger partial charge in [-0.3, -0.25) is 0 Å². The van der Waals surface area contributed by atoms with Gasteiger partial charge in [0, 0.05) is 24.3 Å². The number of aromatic nitrogens is 1. The van der Waals surface area contributed by atoms with E-state index in [1.165, 1.54) is 18.9 Å². The summed E-state index contributed by atoms with van der Waals surface area (Å²) in [5.74, 6) is -0.526. The molecule has 0 bridgehead atoms. The van der Waals surface area contributed by atoms with Crippen LogP contribution < -0.4 is 4.74 Å². The number of rotatable bonds is 8. The lowest BCUT2D eigenvalue weighted by Crippen LogP contribution is -2.26. The minimum Gasteiger partial charge on any atom is -0.478 e. The van der Waals surface area contributed by atoms with Crippen molar-refractivity contribution in [2.24, 2.45) is 0 Å². The fourth-order valence-electron chi connectivity index (χ4n) is 2.13. The molecule has 0 aromatic carbocycles. The number of nitrogens with zero attached hydrogens (tertiary/aromatic N) is 2. The molecule has 0 saturated heterocycles. The lowest BCUT2D eigenvalue weighted by molar-refractivity contribution is 0.0696. The van der Waals surface area contributed by atoms with Crippen LogP contribution in [0.3, 0.4) is 0 Å². The van der Waals surface area contributed by atoms with E-state index in [0.29, 0.717) is 18.5 Å². The van der Waals surface area contributed by atoms with Crippen molar-refractivity contribution in [3.05, 3.63) is 23.4 Å². The third-order valence-electron chi connectivity index (χ3n) is 3.47. The van der Waals surface area contributed by atoms with Gasteiger partial charge in [0.15, 0.2) is 0 Å². The van der Waals surface area contributed by atoms with Crippen molar-refractivity contribution in [2.45, 2.75) is 38.6 Å². The predicted molar refractivity (Wildman–Crippen MR) is 76.3 cm³/mol. The first-order valence-corrected chi connectivity index (χ1v) is 7.17. The van der Waals surface area contributed by atoms with E-state index in [2.05, 4.69) is 16.9 Å². The molecule has 5 heteroatoms. The van der Waals surface area contributed by atoms with Crippen LogP contribution in [0.15, 0.2) is 12.1 Å². The van der Waals surface area contributed by atoms with E-state index in [9.17, 15) is 4.79 Å². The van der Waals surface area contributed by atoms with Crippen molar-refractivity contribution in [1.29, 1.82) is 0 Å². The van der Waals surface area contributed by atoms with Crippen molar-refractivity contribution in [2.75, 3.05) is 20.2 Å². The number of aryl methyl sites for hydroxylation is 1. The highest BCUT2D eigenvalue weighted by molar-refractivity contribution is 5.88. The van der Waals surface area contributed by atoms with Crippen molar-refractivity contribution >= 4 is 5.97 Å². The van der Waals surface area contributed by atoms with Crippen LogP contribution in [0, 0.1) is 0 Å². The highest BCUT2D eigenvalue weighted by Crippen LogP contribution is 2.24. The normalized spacial score (nSPS) is 14.6. The summed E-state index contributed by atoms with van der Waals surface area (Å²) in [6, 6.07) is 3.82. The molecule has 0 unspecified atom stereocenters. The van der Waals surface area contributed by atoms with Crippen LogP contribution in [0.4, 0.5) is 0 Å². The number of pyridine rings is 1. The number of carboxylic acid groups (broad SMARTS) is 1. The van der Waals surface area contributed by atoms with E-state index >= 15 is 0 Å². The van der Waals surface area contributed by atoms with Crippen LogP contribution in [0.5, 0.6) is 5.88 Å². The lowest BCUT2D eigenvalue weighted by Gasteiger charge is -2.16. The Morgan fingerprint density at radius 2 is 2.25 bits per heavy atom. The first-order chi connectivity index (χ1) is 9.60. The van der Waals surface area contributed by atoms with E-state index in [-0.39, 0.29) is 5.56 Å². The zero-order chi connectivity index (χ0) is 14.5. The maximum absolute atomic E-state index is 11.1. The average molecular weight is 278 g/mol. The topological polar surface area (TPSA) is 62.7 Å². The predicted octanol–water partition coefficient (Wildman–Crippen LogP) is 2.21. The second kappa shape index (κ2) is 6.70. The Hall–Kier alpha value is -1.62. The molecular formula is C15H22N2O3. The van der Waals surface area contributed by atoms with E-state index in [0.717, 1.165) is 25.1 Å². The summed E-state index contributed by atoms with van der Waals surface area (Å²) < 4.78 is 5.62. The summed E-state index contributed by atoms with van der Waals surface area (Å²) in [5, 5.41) is 9.11. The van der Waals surface area contributed by atoms with Crippen LogP contribution in [0.2, 0.25) is 0 Å². The van der Waals surface area contributed by atoms with Crippen molar-refractivity contribution < 1.29 is 14.6 Å². The van der Waals surface area contributed by atoms with Crippen LogP contribution in [-0.4, -0.2) is 47.2 Å². The summed E-state index contributed by atoms with van der Waals surface area (Å²) in [6.45, 7) is 3.42. The Bertz CT molecular complexity index is 472. The van der Waals surface area contributed by atoms with Gasteiger partial charge in [-0.05, 0) is 32.4 Å². The minimum atomic E-state index is -0.940. The molecule has 1 aromatic rings. The van der Waals surface area contributed by atoms with Gasteiger partial charge in [0.1, 0.15) is 6.61 Å². The molecular weight excluding hydrogens is 256 g/mol. The van der Waals surface area contributed by atoms with Crippen molar-refractivity contribution in [3.63, 3.8) is 0 Å². The maximum atomic E-state index is 11.1. The molecule has 0 spiro atoms. The molecule has 1 aliphatic carbocycles. The maximum Gasteiger partial charge on any atom is 0.335 e. The van der Waals surface area contributed by atoms with E-state index in [1.807, 2.05) is 6.92 Å². The smallest absolute Gasteiger partial charge is 0.335 e. The first kappa shape index (κ1) is 14.8. The zero-order valence-corrected chi connectivity index (χ0v) is 12.1. The highest BCUT2D eigenvalue weighted by Gasteiger charge is 2.25. The van der Waals surface area contributed by atoms with Gasteiger partial charge in [-0.1, -0.05) is 13.3 Å². The van der Waals surface area contributed by atoms with Gasteiger partial charge in [-0.25, -0.2) is 9.78 Å². The Balaban J connectivity index is 1.95. The van der Waals surface area contributed by atoms with Crippen LogP contribution in [-0.2, 0) is 6.42 Å². The van der Waals surface area contributed by atoms with Gasteiger partial charge >= 0.3 is 5.97 Å². The highest BCUT2D eigenvalue weighted by atomic mass is 16.5. The van der Waals surface area contributed by atoms with Gasteiger partial charge in [0.05, 0.1) is 5.56 Å². The quantitative estimate of drug-likeness (QED) is 0.790. The van der Waals surface area contributed by atoms with Crippen LogP contribution in [0.1, 0.15) is 42.2 Å². The first-order valence-electron chi connectivity index (χ1n) is 7.17. The second-order valence-corrected chi connectivity index (χ2v) is 5.30.